The summed E-state index contributed by atoms with van der Waals surface area (Å²) in [5.41, 5.74) is 6.02. The predicted octanol–water partition coefficient (Wildman–Crippen LogP) is 1.32. The SMILES string of the molecule is COC(c1noc(C2CSCC2N)n1)C1CC1. The Labute approximate surface area is 104 Å². The van der Waals surface area contributed by atoms with E-state index in [1.54, 1.807) is 7.11 Å². The average molecular weight is 255 g/mol. The first-order chi connectivity index (χ1) is 8.29. The Hall–Kier alpha value is -0.590. The number of aromatic nitrogens is 2. The van der Waals surface area contributed by atoms with Gasteiger partial charge in [-0.25, -0.2) is 0 Å². The van der Waals surface area contributed by atoms with Crippen molar-refractivity contribution in [3.8, 4) is 0 Å². The van der Waals surface area contributed by atoms with E-state index in [-0.39, 0.29) is 18.1 Å². The molecule has 0 radical (unpaired) electrons. The van der Waals surface area contributed by atoms with Gasteiger partial charge < -0.3 is 15.0 Å². The van der Waals surface area contributed by atoms with E-state index in [0.717, 1.165) is 11.5 Å². The molecule has 3 rings (SSSR count). The maximum atomic E-state index is 6.02. The molecule has 1 aliphatic heterocycles. The van der Waals surface area contributed by atoms with Crippen LogP contribution < -0.4 is 5.73 Å². The summed E-state index contributed by atoms with van der Waals surface area (Å²) >= 11 is 1.84. The highest BCUT2D eigenvalue weighted by molar-refractivity contribution is 7.99. The van der Waals surface area contributed by atoms with Crippen molar-refractivity contribution in [2.45, 2.75) is 30.9 Å². The summed E-state index contributed by atoms with van der Waals surface area (Å²) in [6.45, 7) is 0. The zero-order valence-corrected chi connectivity index (χ0v) is 10.7. The number of ether oxygens (including phenoxy) is 1. The zero-order chi connectivity index (χ0) is 11.8. The van der Waals surface area contributed by atoms with Crippen LogP contribution in [0.5, 0.6) is 0 Å². The third-order valence-electron chi connectivity index (χ3n) is 3.46. The minimum absolute atomic E-state index is 0.00205. The molecule has 0 spiro atoms. The minimum Gasteiger partial charge on any atom is -0.373 e. The lowest BCUT2D eigenvalue weighted by Gasteiger charge is -2.09. The van der Waals surface area contributed by atoms with Crippen LogP contribution in [0.4, 0.5) is 0 Å². The second kappa shape index (κ2) is 4.59. The van der Waals surface area contributed by atoms with E-state index >= 15 is 0 Å². The minimum atomic E-state index is -0.00205. The standard InChI is InChI=1S/C11H17N3O2S/c1-15-9(6-2-3-6)10-13-11(16-14-10)7-4-17-5-8(7)12/h6-9H,2-5,12H2,1H3. The zero-order valence-electron chi connectivity index (χ0n) is 9.83. The lowest BCUT2D eigenvalue weighted by Crippen LogP contribution is -2.26. The fourth-order valence-electron chi connectivity index (χ4n) is 2.25. The molecule has 0 amide bonds. The molecular formula is C11H17N3O2S. The third kappa shape index (κ3) is 2.21. The summed E-state index contributed by atoms with van der Waals surface area (Å²) in [7, 11) is 1.70. The number of nitrogens with zero attached hydrogens (tertiary/aromatic N) is 2. The number of hydrogen-bond acceptors (Lipinski definition) is 6. The Morgan fingerprint density at radius 1 is 1.47 bits per heavy atom. The van der Waals surface area contributed by atoms with Crippen LogP contribution in [0.2, 0.25) is 0 Å². The molecule has 6 heteroatoms. The van der Waals surface area contributed by atoms with Gasteiger partial charge in [-0.2, -0.15) is 16.7 Å². The van der Waals surface area contributed by atoms with Crippen molar-refractivity contribution in [1.29, 1.82) is 0 Å². The van der Waals surface area contributed by atoms with Crippen LogP contribution in [0.1, 0.15) is 36.6 Å². The van der Waals surface area contributed by atoms with Crippen molar-refractivity contribution in [1.82, 2.24) is 10.1 Å². The smallest absolute Gasteiger partial charge is 0.232 e. The van der Waals surface area contributed by atoms with Crippen molar-refractivity contribution >= 4 is 11.8 Å². The highest BCUT2D eigenvalue weighted by atomic mass is 32.2. The Bertz CT molecular complexity index is 377. The van der Waals surface area contributed by atoms with Crippen LogP contribution in [-0.2, 0) is 4.74 Å². The summed E-state index contributed by atoms with van der Waals surface area (Å²) in [6, 6.07) is 0.134. The maximum absolute atomic E-state index is 6.02. The van der Waals surface area contributed by atoms with Crippen LogP contribution >= 0.6 is 11.8 Å². The van der Waals surface area contributed by atoms with Crippen LogP contribution in [0, 0.1) is 5.92 Å². The predicted molar refractivity (Wildman–Crippen MR) is 64.8 cm³/mol. The van der Waals surface area contributed by atoms with Gasteiger partial charge in [0, 0.05) is 24.7 Å². The Balaban J connectivity index is 1.77. The molecule has 1 aromatic rings. The van der Waals surface area contributed by atoms with Gasteiger partial charge in [-0.3, -0.25) is 0 Å². The van der Waals surface area contributed by atoms with E-state index in [9.17, 15) is 0 Å². The molecule has 5 nitrogen and oxygen atoms in total. The maximum Gasteiger partial charge on any atom is 0.232 e. The van der Waals surface area contributed by atoms with E-state index < -0.39 is 0 Å². The second-order valence-electron chi connectivity index (χ2n) is 4.79. The van der Waals surface area contributed by atoms with Gasteiger partial charge in [-0.1, -0.05) is 5.16 Å². The van der Waals surface area contributed by atoms with Crippen LogP contribution in [0.15, 0.2) is 4.52 Å². The van der Waals surface area contributed by atoms with Gasteiger partial charge in [0.15, 0.2) is 0 Å². The molecule has 1 saturated carbocycles. The fourth-order valence-corrected chi connectivity index (χ4v) is 3.53. The summed E-state index contributed by atoms with van der Waals surface area (Å²) in [5.74, 6) is 4.09. The molecule has 0 aromatic carbocycles. The number of hydrogen-bond donors (Lipinski definition) is 1. The quantitative estimate of drug-likeness (QED) is 0.874. The molecule has 1 aliphatic carbocycles. The molecule has 1 saturated heterocycles. The van der Waals surface area contributed by atoms with Gasteiger partial charge in [0.25, 0.3) is 0 Å². The highest BCUT2D eigenvalue weighted by Crippen LogP contribution is 2.42. The van der Waals surface area contributed by atoms with Crippen molar-refractivity contribution in [2.75, 3.05) is 18.6 Å². The fraction of sp³-hybridized carbons (Fsp3) is 0.818. The van der Waals surface area contributed by atoms with Crippen LogP contribution in [0.25, 0.3) is 0 Å². The summed E-state index contributed by atoms with van der Waals surface area (Å²) in [6.07, 6.45) is 2.39. The largest absolute Gasteiger partial charge is 0.373 e. The van der Waals surface area contributed by atoms with E-state index in [1.807, 2.05) is 11.8 Å². The Morgan fingerprint density at radius 3 is 2.88 bits per heavy atom. The number of thioether (sulfide) groups is 1. The molecule has 2 N–H and O–H groups in total. The monoisotopic (exact) mass is 255 g/mol. The van der Waals surface area contributed by atoms with Crippen molar-refractivity contribution in [3.05, 3.63) is 11.7 Å². The summed E-state index contributed by atoms with van der Waals surface area (Å²) in [4.78, 5) is 4.48. The molecule has 94 valence electrons. The van der Waals surface area contributed by atoms with Gasteiger partial charge in [0.05, 0.1) is 5.92 Å². The highest BCUT2D eigenvalue weighted by Gasteiger charge is 2.37. The van der Waals surface area contributed by atoms with Gasteiger partial charge in [-0.05, 0) is 18.8 Å². The van der Waals surface area contributed by atoms with Gasteiger partial charge >= 0.3 is 0 Å². The summed E-state index contributed by atoms with van der Waals surface area (Å²) in [5, 5.41) is 4.05. The molecule has 2 fully saturated rings. The van der Waals surface area contributed by atoms with Gasteiger partial charge in [0.2, 0.25) is 11.7 Å². The molecule has 0 bridgehead atoms. The molecule has 2 heterocycles. The number of nitrogens with two attached hydrogens (primary N) is 1. The van der Waals surface area contributed by atoms with E-state index in [2.05, 4.69) is 10.1 Å². The molecule has 17 heavy (non-hydrogen) atoms. The second-order valence-corrected chi connectivity index (χ2v) is 5.87. The first kappa shape index (κ1) is 11.5. The number of methoxy groups -OCH3 is 1. The molecule has 2 aliphatic rings. The average Bonchev–Trinajstić information content (AvgIpc) is 2.87. The molecule has 1 aromatic heterocycles. The molecular weight excluding hydrogens is 238 g/mol. The van der Waals surface area contributed by atoms with E-state index in [0.29, 0.717) is 17.6 Å². The Kier molecular flexibility index (Phi) is 3.10. The lowest BCUT2D eigenvalue weighted by atomic mass is 10.1. The summed E-state index contributed by atoms with van der Waals surface area (Å²) < 4.78 is 10.8. The van der Waals surface area contributed by atoms with Crippen molar-refractivity contribution < 1.29 is 9.26 Å². The normalized spacial score (nSPS) is 30.7. The van der Waals surface area contributed by atoms with Crippen molar-refractivity contribution in [2.24, 2.45) is 11.7 Å². The third-order valence-corrected chi connectivity index (χ3v) is 4.67. The van der Waals surface area contributed by atoms with Crippen LogP contribution in [0.3, 0.4) is 0 Å². The van der Waals surface area contributed by atoms with Crippen LogP contribution in [-0.4, -0.2) is 34.8 Å². The molecule has 3 unspecified atom stereocenters. The van der Waals surface area contributed by atoms with E-state index in [1.165, 1.54) is 12.8 Å². The first-order valence-electron chi connectivity index (χ1n) is 5.99. The van der Waals surface area contributed by atoms with E-state index in [4.69, 9.17) is 15.0 Å². The van der Waals surface area contributed by atoms with Gasteiger partial charge in [-0.15, -0.1) is 0 Å². The molecule has 3 atom stereocenters. The lowest BCUT2D eigenvalue weighted by molar-refractivity contribution is 0.0751. The Morgan fingerprint density at radius 2 is 2.29 bits per heavy atom. The van der Waals surface area contributed by atoms with Crippen molar-refractivity contribution in [3.63, 3.8) is 0 Å². The first-order valence-corrected chi connectivity index (χ1v) is 7.14. The van der Waals surface area contributed by atoms with Gasteiger partial charge in [0.1, 0.15) is 6.10 Å². The topological polar surface area (TPSA) is 74.2 Å². The number of rotatable bonds is 4.